The second kappa shape index (κ2) is 4.97. The molecule has 0 amide bonds. The van der Waals surface area contributed by atoms with Crippen molar-refractivity contribution in [3.63, 3.8) is 0 Å². The molecule has 6 nitrogen and oxygen atoms in total. The van der Waals surface area contributed by atoms with Crippen LogP contribution >= 0.6 is 0 Å². The fourth-order valence-electron chi connectivity index (χ4n) is 1.65. The molecule has 6 heteroatoms. The molecule has 0 aliphatic heterocycles. The maximum absolute atomic E-state index is 11.7. The minimum atomic E-state index is -0.168. The van der Waals surface area contributed by atoms with Gasteiger partial charge in [0.1, 0.15) is 0 Å². The molecule has 0 saturated heterocycles. The lowest BCUT2D eigenvalue weighted by atomic mass is 10.1. The molecule has 0 aliphatic rings. The van der Waals surface area contributed by atoms with Gasteiger partial charge in [-0.05, 0) is 20.8 Å². The predicted octanol–water partition coefficient (Wildman–Crippen LogP) is 1.06. The van der Waals surface area contributed by atoms with Crippen LogP contribution in [0, 0.1) is 0 Å². The molecule has 2 aromatic heterocycles. The standard InChI is InChI=1S/C13H19N5O/c1-13(2,3)15-8-9-7-10(19)17-11(16-9)12-14-5-6-18(12)4/h5-7,15H,8H2,1-4H3,(H,16,17,19). The monoisotopic (exact) mass is 261 g/mol. The number of aromatic amines is 1. The Labute approximate surface area is 111 Å². The van der Waals surface area contributed by atoms with Crippen LogP contribution in [0.1, 0.15) is 26.5 Å². The highest BCUT2D eigenvalue weighted by Crippen LogP contribution is 2.10. The van der Waals surface area contributed by atoms with Gasteiger partial charge in [-0.3, -0.25) is 4.79 Å². The van der Waals surface area contributed by atoms with Gasteiger partial charge in [0, 0.05) is 37.6 Å². The Morgan fingerprint density at radius 1 is 1.42 bits per heavy atom. The molecular formula is C13H19N5O. The summed E-state index contributed by atoms with van der Waals surface area (Å²) in [6.45, 7) is 6.75. The highest BCUT2D eigenvalue weighted by atomic mass is 16.1. The van der Waals surface area contributed by atoms with E-state index in [0.29, 0.717) is 23.9 Å². The third-order valence-electron chi connectivity index (χ3n) is 2.63. The Balaban J connectivity index is 2.30. The summed E-state index contributed by atoms with van der Waals surface area (Å²) < 4.78 is 1.82. The van der Waals surface area contributed by atoms with Gasteiger partial charge in [0.15, 0.2) is 11.6 Å². The number of imidazole rings is 1. The Bertz CT molecular complexity index is 620. The van der Waals surface area contributed by atoms with Crippen LogP contribution in [0.5, 0.6) is 0 Å². The summed E-state index contributed by atoms with van der Waals surface area (Å²) in [4.78, 5) is 23.0. The molecule has 0 spiro atoms. The molecule has 19 heavy (non-hydrogen) atoms. The molecule has 0 atom stereocenters. The quantitative estimate of drug-likeness (QED) is 0.866. The molecule has 2 N–H and O–H groups in total. The predicted molar refractivity (Wildman–Crippen MR) is 73.7 cm³/mol. The van der Waals surface area contributed by atoms with Crippen molar-refractivity contribution in [3.8, 4) is 11.6 Å². The zero-order chi connectivity index (χ0) is 14.0. The average Bonchev–Trinajstić information content (AvgIpc) is 2.71. The number of aromatic nitrogens is 4. The average molecular weight is 261 g/mol. The lowest BCUT2D eigenvalue weighted by Gasteiger charge is -2.20. The first-order chi connectivity index (χ1) is 8.85. The van der Waals surface area contributed by atoms with E-state index in [0.717, 1.165) is 0 Å². The third-order valence-corrected chi connectivity index (χ3v) is 2.63. The molecule has 2 aromatic rings. The van der Waals surface area contributed by atoms with Crippen molar-refractivity contribution in [2.45, 2.75) is 32.9 Å². The second-order valence-corrected chi connectivity index (χ2v) is 5.55. The number of nitrogens with one attached hydrogen (secondary N) is 2. The number of nitrogens with zero attached hydrogens (tertiary/aromatic N) is 3. The van der Waals surface area contributed by atoms with Crippen LogP contribution in [0.25, 0.3) is 11.6 Å². The normalized spacial score (nSPS) is 11.8. The van der Waals surface area contributed by atoms with E-state index in [1.165, 1.54) is 6.07 Å². The number of H-pyrrole nitrogens is 1. The summed E-state index contributed by atoms with van der Waals surface area (Å²) >= 11 is 0. The molecule has 0 aliphatic carbocycles. The van der Waals surface area contributed by atoms with Crippen LogP contribution in [-0.4, -0.2) is 25.1 Å². The topological polar surface area (TPSA) is 75.6 Å². The number of hydrogen-bond acceptors (Lipinski definition) is 4. The van der Waals surface area contributed by atoms with Crippen LogP contribution in [0.4, 0.5) is 0 Å². The van der Waals surface area contributed by atoms with Crippen molar-refractivity contribution in [3.05, 3.63) is 34.5 Å². The van der Waals surface area contributed by atoms with E-state index >= 15 is 0 Å². The molecule has 2 heterocycles. The summed E-state index contributed by atoms with van der Waals surface area (Å²) in [5.74, 6) is 1.14. The van der Waals surface area contributed by atoms with Crippen molar-refractivity contribution in [1.82, 2.24) is 24.8 Å². The fourth-order valence-corrected chi connectivity index (χ4v) is 1.65. The number of hydrogen-bond donors (Lipinski definition) is 2. The van der Waals surface area contributed by atoms with E-state index in [1.807, 2.05) is 17.8 Å². The Morgan fingerprint density at radius 3 is 2.74 bits per heavy atom. The van der Waals surface area contributed by atoms with Gasteiger partial charge in [-0.2, -0.15) is 0 Å². The van der Waals surface area contributed by atoms with Crippen molar-refractivity contribution in [2.75, 3.05) is 0 Å². The molecule has 0 saturated carbocycles. The highest BCUT2D eigenvalue weighted by Gasteiger charge is 2.11. The van der Waals surface area contributed by atoms with Crippen LogP contribution in [0.15, 0.2) is 23.3 Å². The van der Waals surface area contributed by atoms with Gasteiger partial charge in [-0.25, -0.2) is 9.97 Å². The summed E-state index contributed by atoms with van der Waals surface area (Å²) in [5.41, 5.74) is 0.517. The van der Waals surface area contributed by atoms with Crippen molar-refractivity contribution in [2.24, 2.45) is 7.05 Å². The Hall–Kier alpha value is -1.95. The third kappa shape index (κ3) is 3.51. The zero-order valence-electron chi connectivity index (χ0n) is 11.7. The Morgan fingerprint density at radius 2 is 2.16 bits per heavy atom. The molecule has 0 radical (unpaired) electrons. The second-order valence-electron chi connectivity index (χ2n) is 5.55. The van der Waals surface area contributed by atoms with Crippen molar-refractivity contribution in [1.29, 1.82) is 0 Å². The largest absolute Gasteiger partial charge is 0.331 e. The maximum atomic E-state index is 11.7. The van der Waals surface area contributed by atoms with Gasteiger partial charge in [-0.1, -0.05) is 0 Å². The lowest BCUT2D eigenvalue weighted by Crippen LogP contribution is -2.35. The summed E-state index contributed by atoms with van der Waals surface area (Å²) in [6, 6.07) is 1.51. The van der Waals surface area contributed by atoms with Crippen LogP contribution in [0.3, 0.4) is 0 Å². The van der Waals surface area contributed by atoms with Gasteiger partial charge >= 0.3 is 0 Å². The van der Waals surface area contributed by atoms with E-state index in [9.17, 15) is 4.79 Å². The van der Waals surface area contributed by atoms with Crippen molar-refractivity contribution >= 4 is 0 Å². The van der Waals surface area contributed by atoms with Crippen LogP contribution in [0.2, 0.25) is 0 Å². The minimum absolute atomic E-state index is 0.0202. The summed E-state index contributed by atoms with van der Waals surface area (Å²) in [7, 11) is 1.86. The first-order valence-corrected chi connectivity index (χ1v) is 6.18. The molecular weight excluding hydrogens is 242 g/mol. The van der Waals surface area contributed by atoms with Gasteiger partial charge < -0.3 is 14.9 Å². The van der Waals surface area contributed by atoms with Gasteiger partial charge in [0.2, 0.25) is 0 Å². The first kappa shape index (κ1) is 13.5. The summed E-state index contributed by atoms with van der Waals surface area (Å²) in [5, 5.41) is 3.31. The molecule has 0 unspecified atom stereocenters. The highest BCUT2D eigenvalue weighted by molar-refractivity contribution is 5.43. The van der Waals surface area contributed by atoms with Gasteiger partial charge in [-0.15, -0.1) is 0 Å². The zero-order valence-corrected chi connectivity index (χ0v) is 11.7. The van der Waals surface area contributed by atoms with E-state index in [4.69, 9.17) is 0 Å². The molecule has 0 bridgehead atoms. The number of rotatable bonds is 3. The summed E-state index contributed by atoms with van der Waals surface area (Å²) in [6.07, 6.45) is 3.49. The van der Waals surface area contributed by atoms with E-state index < -0.39 is 0 Å². The fraction of sp³-hybridized carbons (Fsp3) is 0.462. The van der Waals surface area contributed by atoms with Crippen molar-refractivity contribution < 1.29 is 0 Å². The maximum Gasteiger partial charge on any atom is 0.251 e. The Kier molecular flexibility index (Phi) is 3.53. The van der Waals surface area contributed by atoms with E-state index in [1.54, 1.807) is 6.20 Å². The first-order valence-electron chi connectivity index (χ1n) is 6.18. The number of aryl methyl sites for hydroxylation is 1. The smallest absolute Gasteiger partial charge is 0.251 e. The van der Waals surface area contributed by atoms with Crippen LogP contribution < -0.4 is 10.9 Å². The molecule has 2 rings (SSSR count). The van der Waals surface area contributed by atoms with Crippen LogP contribution in [-0.2, 0) is 13.6 Å². The molecule has 0 aromatic carbocycles. The van der Waals surface area contributed by atoms with E-state index in [-0.39, 0.29) is 11.1 Å². The SMILES string of the molecule is Cn1ccnc1-c1nc(CNC(C)(C)C)cc(=O)[nH]1. The van der Waals surface area contributed by atoms with Gasteiger partial charge in [0.25, 0.3) is 5.56 Å². The lowest BCUT2D eigenvalue weighted by molar-refractivity contribution is 0.421. The van der Waals surface area contributed by atoms with E-state index in [2.05, 4.69) is 41.0 Å². The molecule has 102 valence electrons. The van der Waals surface area contributed by atoms with Gasteiger partial charge in [0.05, 0.1) is 5.69 Å². The minimum Gasteiger partial charge on any atom is -0.331 e. The molecule has 0 fully saturated rings.